The summed E-state index contributed by atoms with van der Waals surface area (Å²) in [6, 6.07) is 13.4. The summed E-state index contributed by atoms with van der Waals surface area (Å²) in [5.74, 6) is 2.96. The van der Waals surface area contributed by atoms with E-state index in [4.69, 9.17) is 14.2 Å². The molecular formula is C20H23NO4S. The first-order valence-electron chi connectivity index (χ1n) is 8.43. The van der Waals surface area contributed by atoms with E-state index in [1.165, 1.54) is 5.56 Å². The van der Waals surface area contributed by atoms with Crippen LogP contribution >= 0.6 is 11.8 Å². The van der Waals surface area contributed by atoms with Crippen LogP contribution in [0.3, 0.4) is 0 Å². The maximum absolute atomic E-state index is 12.9. The Morgan fingerprint density at radius 3 is 2.38 bits per heavy atom. The lowest BCUT2D eigenvalue weighted by molar-refractivity contribution is 0.0761. The fraction of sp³-hybridized carbons (Fsp3) is 0.350. The zero-order valence-electron chi connectivity index (χ0n) is 15.2. The molecule has 1 aliphatic heterocycles. The number of benzene rings is 2. The van der Waals surface area contributed by atoms with Gasteiger partial charge in [0, 0.05) is 29.7 Å². The van der Waals surface area contributed by atoms with E-state index in [-0.39, 0.29) is 11.2 Å². The largest absolute Gasteiger partial charge is 0.497 e. The normalized spacial score (nSPS) is 16.9. The monoisotopic (exact) mass is 373 g/mol. The van der Waals surface area contributed by atoms with E-state index in [1.54, 1.807) is 39.5 Å². The molecular weight excluding hydrogens is 350 g/mol. The van der Waals surface area contributed by atoms with Crippen LogP contribution in [0.1, 0.15) is 21.2 Å². The molecule has 0 saturated carbocycles. The number of ether oxygens (including phenoxy) is 3. The first-order chi connectivity index (χ1) is 12.7. The van der Waals surface area contributed by atoms with Crippen molar-refractivity contribution in [3.05, 3.63) is 53.6 Å². The molecule has 1 fully saturated rings. The van der Waals surface area contributed by atoms with Gasteiger partial charge in [-0.05, 0) is 35.9 Å². The second kappa shape index (κ2) is 8.36. The number of nitrogens with zero attached hydrogens (tertiary/aromatic N) is 1. The molecule has 2 aromatic rings. The van der Waals surface area contributed by atoms with Gasteiger partial charge in [-0.1, -0.05) is 12.1 Å². The summed E-state index contributed by atoms with van der Waals surface area (Å²) in [4.78, 5) is 14.9. The zero-order valence-corrected chi connectivity index (χ0v) is 16.0. The number of hydrogen-bond donors (Lipinski definition) is 0. The number of amides is 1. The minimum Gasteiger partial charge on any atom is -0.497 e. The Hall–Kier alpha value is -2.34. The van der Waals surface area contributed by atoms with Gasteiger partial charge >= 0.3 is 0 Å². The molecule has 0 bridgehead atoms. The molecule has 1 atom stereocenters. The SMILES string of the molecule is COc1ccc(C2CN(C(=O)c3ccc(OC)c(OC)c3)CCS2)cc1. The molecule has 1 amide bonds. The minimum absolute atomic E-state index is 0.0183. The van der Waals surface area contributed by atoms with Crippen LogP contribution < -0.4 is 14.2 Å². The first-order valence-corrected chi connectivity index (χ1v) is 9.48. The van der Waals surface area contributed by atoms with Gasteiger partial charge < -0.3 is 19.1 Å². The Morgan fingerprint density at radius 2 is 1.73 bits per heavy atom. The molecule has 138 valence electrons. The summed E-state index contributed by atoms with van der Waals surface area (Å²) in [6.07, 6.45) is 0. The maximum atomic E-state index is 12.9. The predicted molar refractivity (Wildman–Crippen MR) is 104 cm³/mol. The Labute approximate surface area is 158 Å². The highest BCUT2D eigenvalue weighted by atomic mass is 32.2. The molecule has 0 spiro atoms. The van der Waals surface area contributed by atoms with E-state index in [9.17, 15) is 4.79 Å². The van der Waals surface area contributed by atoms with E-state index >= 15 is 0 Å². The molecule has 0 aromatic heterocycles. The smallest absolute Gasteiger partial charge is 0.254 e. The Kier molecular flexibility index (Phi) is 5.93. The lowest BCUT2D eigenvalue weighted by atomic mass is 10.1. The maximum Gasteiger partial charge on any atom is 0.254 e. The summed E-state index contributed by atoms with van der Waals surface area (Å²) >= 11 is 1.88. The molecule has 0 aliphatic carbocycles. The van der Waals surface area contributed by atoms with Crippen LogP contribution in [0.4, 0.5) is 0 Å². The van der Waals surface area contributed by atoms with Crippen molar-refractivity contribution in [2.24, 2.45) is 0 Å². The van der Waals surface area contributed by atoms with Crippen LogP contribution in [0.15, 0.2) is 42.5 Å². The lowest BCUT2D eigenvalue weighted by Gasteiger charge is -2.33. The third-order valence-corrected chi connectivity index (χ3v) is 5.71. The molecule has 0 N–H and O–H groups in total. The third-order valence-electron chi connectivity index (χ3n) is 4.47. The van der Waals surface area contributed by atoms with E-state index in [2.05, 4.69) is 12.1 Å². The Morgan fingerprint density at radius 1 is 1.00 bits per heavy atom. The van der Waals surface area contributed by atoms with Crippen molar-refractivity contribution in [1.82, 2.24) is 4.90 Å². The van der Waals surface area contributed by atoms with E-state index in [0.29, 0.717) is 23.6 Å². The van der Waals surface area contributed by atoms with Crippen LogP contribution in [-0.2, 0) is 0 Å². The second-order valence-corrected chi connectivity index (χ2v) is 7.26. The molecule has 3 rings (SSSR count). The molecule has 1 aliphatic rings. The van der Waals surface area contributed by atoms with Gasteiger partial charge in [0.25, 0.3) is 5.91 Å². The molecule has 1 saturated heterocycles. The number of rotatable bonds is 5. The predicted octanol–water partition coefficient (Wildman–Crippen LogP) is 3.64. The summed E-state index contributed by atoms with van der Waals surface area (Å²) in [5.41, 5.74) is 1.82. The number of thioether (sulfide) groups is 1. The van der Waals surface area contributed by atoms with Crippen LogP contribution in [-0.4, -0.2) is 51.0 Å². The molecule has 5 nitrogen and oxygen atoms in total. The van der Waals surface area contributed by atoms with Gasteiger partial charge in [-0.2, -0.15) is 11.8 Å². The van der Waals surface area contributed by atoms with Crippen LogP contribution in [0.2, 0.25) is 0 Å². The van der Waals surface area contributed by atoms with Gasteiger partial charge in [0.05, 0.1) is 21.3 Å². The number of carbonyl (C=O) groups excluding carboxylic acids is 1. The average molecular weight is 373 g/mol. The highest BCUT2D eigenvalue weighted by Gasteiger charge is 2.26. The number of methoxy groups -OCH3 is 3. The summed E-state index contributed by atoms with van der Waals surface area (Å²) in [5, 5.41) is 0.263. The quantitative estimate of drug-likeness (QED) is 0.801. The second-order valence-electron chi connectivity index (χ2n) is 5.95. The summed E-state index contributed by atoms with van der Waals surface area (Å²) in [6.45, 7) is 1.43. The molecule has 26 heavy (non-hydrogen) atoms. The van der Waals surface area contributed by atoms with Crippen LogP contribution in [0, 0.1) is 0 Å². The van der Waals surface area contributed by atoms with E-state index in [1.807, 2.05) is 28.8 Å². The van der Waals surface area contributed by atoms with Crippen molar-refractivity contribution in [2.45, 2.75) is 5.25 Å². The van der Waals surface area contributed by atoms with Crippen molar-refractivity contribution < 1.29 is 19.0 Å². The Balaban J connectivity index is 1.75. The number of carbonyl (C=O) groups is 1. The molecule has 6 heteroatoms. The first kappa shape index (κ1) is 18.5. The lowest BCUT2D eigenvalue weighted by Crippen LogP contribution is -2.39. The van der Waals surface area contributed by atoms with Crippen molar-refractivity contribution >= 4 is 17.7 Å². The summed E-state index contributed by atoms with van der Waals surface area (Å²) < 4.78 is 15.8. The van der Waals surface area contributed by atoms with Gasteiger partial charge in [0.1, 0.15) is 5.75 Å². The fourth-order valence-corrected chi connectivity index (χ4v) is 4.25. The third kappa shape index (κ3) is 3.90. The Bertz CT molecular complexity index is 763. The van der Waals surface area contributed by atoms with Crippen molar-refractivity contribution in [2.75, 3.05) is 40.2 Å². The topological polar surface area (TPSA) is 48.0 Å². The minimum atomic E-state index is 0.0183. The van der Waals surface area contributed by atoms with Crippen LogP contribution in [0.25, 0.3) is 0 Å². The van der Waals surface area contributed by atoms with E-state index in [0.717, 1.165) is 18.0 Å². The van der Waals surface area contributed by atoms with Gasteiger partial charge in [-0.15, -0.1) is 0 Å². The highest BCUT2D eigenvalue weighted by molar-refractivity contribution is 7.99. The van der Waals surface area contributed by atoms with Crippen molar-refractivity contribution in [1.29, 1.82) is 0 Å². The van der Waals surface area contributed by atoms with Gasteiger partial charge in [-0.3, -0.25) is 4.79 Å². The average Bonchev–Trinajstić information content (AvgIpc) is 2.72. The highest BCUT2D eigenvalue weighted by Crippen LogP contribution is 2.35. The fourth-order valence-electron chi connectivity index (χ4n) is 3.01. The number of hydrogen-bond acceptors (Lipinski definition) is 5. The van der Waals surface area contributed by atoms with Crippen molar-refractivity contribution in [3.8, 4) is 17.2 Å². The van der Waals surface area contributed by atoms with Crippen molar-refractivity contribution in [3.63, 3.8) is 0 Å². The van der Waals surface area contributed by atoms with Gasteiger partial charge in [0.2, 0.25) is 0 Å². The van der Waals surface area contributed by atoms with Gasteiger partial charge in [0.15, 0.2) is 11.5 Å². The molecule has 1 heterocycles. The molecule has 2 aromatic carbocycles. The zero-order chi connectivity index (χ0) is 18.5. The summed E-state index contributed by atoms with van der Waals surface area (Å²) in [7, 11) is 4.82. The van der Waals surface area contributed by atoms with E-state index < -0.39 is 0 Å². The van der Waals surface area contributed by atoms with Gasteiger partial charge in [-0.25, -0.2) is 0 Å². The van der Waals surface area contributed by atoms with Crippen LogP contribution in [0.5, 0.6) is 17.2 Å². The molecule has 1 unspecified atom stereocenters. The standard InChI is InChI=1S/C20H23NO4S/c1-23-16-7-4-14(5-8-16)19-13-21(10-11-26-19)20(22)15-6-9-17(24-2)18(12-15)25-3/h4-9,12,19H,10-11,13H2,1-3H3. The molecule has 0 radical (unpaired) electrons.